The Hall–Kier alpha value is -2.30. The van der Waals surface area contributed by atoms with Crippen LogP contribution in [0.3, 0.4) is 0 Å². The molecule has 0 bridgehead atoms. The fourth-order valence-electron chi connectivity index (χ4n) is 2.92. The summed E-state index contributed by atoms with van der Waals surface area (Å²) in [5, 5.41) is 6.71. The van der Waals surface area contributed by atoms with Gasteiger partial charge < -0.3 is 9.84 Å². The van der Waals surface area contributed by atoms with E-state index in [-0.39, 0.29) is 18.4 Å². The summed E-state index contributed by atoms with van der Waals surface area (Å²) in [6.45, 7) is 0.809. The van der Waals surface area contributed by atoms with Gasteiger partial charge in [0.05, 0.1) is 6.54 Å². The Morgan fingerprint density at radius 3 is 2.56 bits per heavy atom. The van der Waals surface area contributed by atoms with E-state index in [4.69, 9.17) is 4.52 Å². The van der Waals surface area contributed by atoms with Crippen molar-refractivity contribution in [2.45, 2.75) is 19.4 Å². The van der Waals surface area contributed by atoms with Crippen LogP contribution in [-0.4, -0.2) is 60.3 Å². The Kier molecular flexibility index (Phi) is 5.88. The number of aromatic nitrogens is 2. The maximum Gasteiger partial charge on any atom is 0.281 e. The molecule has 0 saturated carbocycles. The van der Waals surface area contributed by atoms with Gasteiger partial charge in [0.2, 0.25) is 17.6 Å². The Balaban J connectivity index is 1.50. The minimum absolute atomic E-state index is 0.128. The molecular weight excluding hydrogens is 370 g/mol. The first-order valence-electron chi connectivity index (χ1n) is 8.71. The maximum atomic E-state index is 12.4. The summed E-state index contributed by atoms with van der Waals surface area (Å²) < 4.78 is 32.0. The van der Waals surface area contributed by atoms with Crippen molar-refractivity contribution in [3.63, 3.8) is 0 Å². The molecule has 0 spiro atoms. The third kappa shape index (κ3) is 4.52. The molecular formula is C17H23N5O4S. The molecule has 1 saturated heterocycles. The van der Waals surface area contributed by atoms with E-state index in [0.29, 0.717) is 37.6 Å². The van der Waals surface area contributed by atoms with Crippen molar-refractivity contribution in [3.05, 3.63) is 36.2 Å². The van der Waals surface area contributed by atoms with Gasteiger partial charge in [-0.1, -0.05) is 35.5 Å². The number of nitrogens with zero attached hydrogens (tertiary/aromatic N) is 4. The number of carbonyl (C=O) groups is 1. The van der Waals surface area contributed by atoms with E-state index in [1.165, 1.54) is 22.7 Å². The van der Waals surface area contributed by atoms with E-state index in [1.807, 2.05) is 30.3 Å². The van der Waals surface area contributed by atoms with Gasteiger partial charge in [-0.15, -0.1) is 0 Å². The number of benzene rings is 1. The molecule has 1 N–H and O–H groups in total. The lowest BCUT2D eigenvalue weighted by Crippen LogP contribution is -2.46. The quantitative estimate of drug-likeness (QED) is 0.780. The highest BCUT2D eigenvalue weighted by Crippen LogP contribution is 2.21. The van der Waals surface area contributed by atoms with Gasteiger partial charge in [0.25, 0.3) is 10.2 Å². The van der Waals surface area contributed by atoms with Gasteiger partial charge in [-0.25, -0.2) is 0 Å². The third-order valence-electron chi connectivity index (χ3n) is 4.53. The summed E-state index contributed by atoms with van der Waals surface area (Å²) in [4.78, 5) is 16.6. The molecule has 1 aromatic heterocycles. The predicted molar refractivity (Wildman–Crippen MR) is 98.5 cm³/mol. The van der Waals surface area contributed by atoms with Crippen molar-refractivity contribution < 1.29 is 17.7 Å². The molecule has 1 amide bonds. The van der Waals surface area contributed by atoms with Gasteiger partial charge in [0, 0.05) is 38.7 Å². The van der Waals surface area contributed by atoms with Crippen LogP contribution in [0, 0.1) is 5.92 Å². The SMILES string of the molecule is CN(C)S(=O)(=O)N1CCC(C(=O)NCc2nc(-c3ccccc3)no2)CC1. The van der Waals surface area contributed by atoms with Gasteiger partial charge in [-0.2, -0.15) is 22.0 Å². The van der Waals surface area contributed by atoms with Crippen molar-refractivity contribution in [2.75, 3.05) is 27.2 Å². The average Bonchev–Trinajstić information content (AvgIpc) is 3.16. The van der Waals surface area contributed by atoms with Crippen molar-refractivity contribution >= 4 is 16.1 Å². The molecule has 0 radical (unpaired) electrons. The van der Waals surface area contributed by atoms with Crippen LogP contribution in [0.5, 0.6) is 0 Å². The summed E-state index contributed by atoms with van der Waals surface area (Å²) in [6, 6.07) is 9.43. The minimum Gasteiger partial charge on any atom is -0.347 e. The Morgan fingerprint density at radius 1 is 1.26 bits per heavy atom. The molecule has 1 aromatic carbocycles. The van der Waals surface area contributed by atoms with Gasteiger partial charge in [0.15, 0.2) is 0 Å². The van der Waals surface area contributed by atoms with Crippen LogP contribution < -0.4 is 5.32 Å². The maximum absolute atomic E-state index is 12.4. The Morgan fingerprint density at radius 2 is 1.93 bits per heavy atom. The van der Waals surface area contributed by atoms with Crippen LogP contribution in [0.25, 0.3) is 11.4 Å². The smallest absolute Gasteiger partial charge is 0.281 e. The largest absolute Gasteiger partial charge is 0.347 e. The second kappa shape index (κ2) is 8.15. The first kappa shape index (κ1) is 19.5. The summed E-state index contributed by atoms with van der Waals surface area (Å²) in [5.41, 5.74) is 0.841. The third-order valence-corrected chi connectivity index (χ3v) is 6.47. The molecule has 2 aromatic rings. The molecule has 146 valence electrons. The van der Waals surface area contributed by atoms with Gasteiger partial charge in [-0.3, -0.25) is 4.79 Å². The first-order chi connectivity index (χ1) is 12.9. The number of carbonyl (C=O) groups excluding carboxylic acids is 1. The van der Waals surface area contributed by atoms with Crippen molar-refractivity contribution in [1.82, 2.24) is 24.1 Å². The summed E-state index contributed by atoms with van der Waals surface area (Å²) >= 11 is 0. The fraction of sp³-hybridized carbons (Fsp3) is 0.471. The van der Waals surface area contributed by atoms with E-state index in [1.54, 1.807) is 0 Å². The molecule has 27 heavy (non-hydrogen) atoms. The van der Waals surface area contributed by atoms with Crippen LogP contribution >= 0.6 is 0 Å². The van der Waals surface area contributed by atoms with Crippen molar-refractivity contribution in [1.29, 1.82) is 0 Å². The van der Waals surface area contributed by atoms with E-state index < -0.39 is 10.2 Å². The monoisotopic (exact) mass is 393 g/mol. The van der Waals surface area contributed by atoms with Gasteiger partial charge in [-0.05, 0) is 12.8 Å². The normalized spacial score (nSPS) is 16.6. The molecule has 0 aliphatic carbocycles. The van der Waals surface area contributed by atoms with E-state index in [2.05, 4.69) is 15.5 Å². The molecule has 2 heterocycles. The number of amides is 1. The molecule has 1 aliphatic rings. The topological polar surface area (TPSA) is 109 Å². The van der Waals surface area contributed by atoms with Crippen LogP contribution in [0.15, 0.2) is 34.9 Å². The highest BCUT2D eigenvalue weighted by Gasteiger charge is 2.32. The Bertz CT molecular complexity index is 874. The molecule has 3 rings (SSSR count). The van der Waals surface area contributed by atoms with Gasteiger partial charge in [0.1, 0.15) is 0 Å². The number of piperidine rings is 1. The van der Waals surface area contributed by atoms with E-state index >= 15 is 0 Å². The number of hydrogen-bond donors (Lipinski definition) is 1. The Labute approximate surface area is 158 Å². The van der Waals surface area contributed by atoms with Crippen LogP contribution in [0.2, 0.25) is 0 Å². The molecule has 9 nitrogen and oxygen atoms in total. The minimum atomic E-state index is -3.43. The molecule has 1 aliphatic heterocycles. The molecule has 0 atom stereocenters. The second-order valence-electron chi connectivity index (χ2n) is 6.56. The van der Waals surface area contributed by atoms with E-state index in [9.17, 15) is 13.2 Å². The van der Waals surface area contributed by atoms with Crippen molar-refractivity contribution in [2.24, 2.45) is 5.92 Å². The second-order valence-corrected chi connectivity index (χ2v) is 8.70. The molecule has 1 fully saturated rings. The zero-order chi connectivity index (χ0) is 19.4. The lowest BCUT2D eigenvalue weighted by atomic mass is 9.97. The standard InChI is InChI=1S/C17H23N5O4S/c1-21(2)27(24,25)22-10-8-14(9-11-22)17(23)18-12-15-19-16(20-26-15)13-6-4-3-5-7-13/h3-7,14H,8-12H2,1-2H3,(H,18,23). The van der Waals surface area contributed by atoms with Crippen LogP contribution in [-0.2, 0) is 21.5 Å². The number of hydrogen-bond acceptors (Lipinski definition) is 6. The first-order valence-corrected chi connectivity index (χ1v) is 10.1. The lowest BCUT2D eigenvalue weighted by Gasteiger charge is -2.32. The predicted octanol–water partition coefficient (Wildman–Crippen LogP) is 0.871. The lowest BCUT2D eigenvalue weighted by molar-refractivity contribution is -0.126. The highest BCUT2D eigenvalue weighted by molar-refractivity contribution is 7.86. The number of rotatable bonds is 6. The fourth-order valence-corrected chi connectivity index (χ4v) is 4.05. The molecule has 10 heteroatoms. The van der Waals surface area contributed by atoms with E-state index in [0.717, 1.165) is 5.56 Å². The zero-order valence-electron chi connectivity index (χ0n) is 15.3. The summed E-state index contributed by atoms with van der Waals surface area (Å²) in [5.74, 6) is 0.448. The van der Waals surface area contributed by atoms with Crippen LogP contribution in [0.4, 0.5) is 0 Å². The van der Waals surface area contributed by atoms with Gasteiger partial charge >= 0.3 is 0 Å². The summed E-state index contributed by atoms with van der Waals surface area (Å²) in [7, 11) is -0.422. The molecule has 0 unspecified atom stereocenters. The average molecular weight is 393 g/mol. The van der Waals surface area contributed by atoms with Crippen LogP contribution in [0.1, 0.15) is 18.7 Å². The van der Waals surface area contributed by atoms with Crippen molar-refractivity contribution in [3.8, 4) is 11.4 Å². The highest BCUT2D eigenvalue weighted by atomic mass is 32.2. The summed E-state index contributed by atoms with van der Waals surface area (Å²) in [6.07, 6.45) is 0.968. The number of nitrogens with one attached hydrogen (secondary N) is 1. The zero-order valence-corrected chi connectivity index (χ0v) is 16.1.